The Bertz CT molecular complexity index is 977. The van der Waals surface area contributed by atoms with E-state index in [9.17, 15) is 35.4 Å². The van der Waals surface area contributed by atoms with Gasteiger partial charge in [-0.3, -0.25) is 5.32 Å². The zero-order valence-electron chi connectivity index (χ0n) is 20.3. The Morgan fingerprint density at radius 2 is 1.69 bits per heavy atom. The van der Waals surface area contributed by atoms with Gasteiger partial charge in [0.05, 0.1) is 19.1 Å². The number of aliphatic hydroxyl groups is 8. The van der Waals surface area contributed by atoms with Crippen molar-refractivity contribution in [1.82, 2.24) is 0 Å². The van der Waals surface area contributed by atoms with Crippen molar-refractivity contribution in [2.24, 2.45) is 0 Å². The lowest BCUT2D eigenvalue weighted by Gasteiger charge is -2.43. The topological polar surface area (TPSA) is 228 Å². The molecular formula is C23H31Cl2NO13. The van der Waals surface area contributed by atoms with E-state index in [2.05, 4.69) is 17.2 Å². The lowest BCUT2D eigenvalue weighted by atomic mass is 9.99. The van der Waals surface area contributed by atoms with Crippen LogP contribution in [0.4, 0.5) is 10.5 Å². The predicted molar refractivity (Wildman–Crippen MR) is 134 cm³/mol. The molecule has 2 heterocycles. The maximum Gasteiger partial charge on any atom is 0.412 e. The molecular weight excluding hydrogens is 569 g/mol. The first-order valence-electron chi connectivity index (χ1n) is 11.5. The van der Waals surface area contributed by atoms with Crippen LogP contribution < -0.4 is 5.32 Å². The molecule has 0 unspecified atom stereocenters. The molecule has 220 valence electrons. The van der Waals surface area contributed by atoms with Gasteiger partial charge in [-0.15, -0.1) is 11.6 Å². The van der Waals surface area contributed by atoms with Crippen LogP contribution in [0.1, 0.15) is 0 Å². The first kappa shape index (κ1) is 33.4. The van der Waals surface area contributed by atoms with Crippen LogP contribution in [0.15, 0.2) is 24.3 Å². The minimum Gasteiger partial charge on any atom is -0.436 e. The normalized spacial score (nSPS) is 33.8. The summed E-state index contributed by atoms with van der Waals surface area (Å²) in [6, 6.07) is 6.76. The molecule has 2 aliphatic heterocycles. The van der Waals surface area contributed by atoms with Crippen LogP contribution in [-0.2, 0) is 18.9 Å². The van der Waals surface area contributed by atoms with Crippen LogP contribution in [0.5, 0.6) is 0 Å². The molecule has 0 aromatic heterocycles. The van der Waals surface area contributed by atoms with Gasteiger partial charge in [0.2, 0.25) is 5.79 Å². The molecule has 1 amide bonds. The highest BCUT2D eigenvalue weighted by Gasteiger charge is 2.58. The Kier molecular flexibility index (Phi) is 13.6. The zero-order valence-corrected chi connectivity index (χ0v) is 21.9. The monoisotopic (exact) mass is 599 g/mol. The van der Waals surface area contributed by atoms with Crippen LogP contribution in [-0.4, -0.2) is 134 Å². The van der Waals surface area contributed by atoms with Crippen molar-refractivity contribution in [2.45, 2.75) is 54.8 Å². The molecule has 0 spiro atoms. The summed E-state index contributed by atoms with van der Waals surface area (Å²) in [6.45, 7) is -2.31. The second-order valence-electron chi connectivity index (χ2n) is 8.26. The standard InChI is InChI=1S/C12H22O11.C11H9Cl2NO2/c13-1-4-6(16)8(18)9(19)11(21-4)23-12(3-15)10(20)7(17)5(2-14)22-12;12-6-1-2-7-16-11(15)14-10-5-3-4-9(13)8-10/h4-11,13-20H,1-3H2;3-5,8H,6-7H2,(H,14,15)/t4-,5-,6-,7-,8+,9-,10+,11-,12+;/m1./s1. The molecule has 2 aliphatic rings. The minimum absolute atomic E-state index is 0.0130. The van der Waals surface area contributed by atoms with Crippen molar-refractivity contribution < 1.29 is 64.6 Å². The van der Waals surface area contributed by atoms with Crippen molar-refractivity contribution in [3.8, 4) is 11.8 Å². The SMILES string of the molecule is O=C(Nc1cccc(Cl)c1)OCC#CCCl.OC[C@H]1O[C@@](CO)(O[C@H]2O[C@H](CO)[C@@H](O)[C@H](O)[C@H]2O)[C@@H](O)[C@@H]1O. The highest BCUT2D eigenvalue weighted by Crippen LogP contribution is 2.35. The number of ether oxygens (including phenoxy) is 4. The fourth-order valence-electron chi connectivity index (χ4n) is 3.55. The van der Waals surface area contributed by atoms with Crippen molar-refractivity contribution in [3.63, 3.8) is 0 Å². The first-order chi connectivity index (χ1) is 18.5. The molecule has 2 saturated heterocycles. The van der Waals surface area contributed by atoms with Gasteiger partial charge in [0.1, 0.15) is 49.3 Å². The molecule has 0 radical (unpaired) electrons. The largest absolute Gasteiger partial charge is 0.436 e. The number of anilines is 1. The molecule has 0 bridgehead atoms. The maximum absolute atomic E-state index is 11.2. The average molecular weight is 600 g/mol. The second kappa shape index (κ2) is 15.8. The number of rotatable bonds is 7. The van der Waals surface area contributed by atoms with E-state index in [-0.39, 0.29) is 12.5 Å². The number of alkyl halides is 1. The third kappa shape index (κ3) is 8.84. The number of halogens is 2. The number of hydrogen-bond donors (Lipinski definition) is 9. The van der Waals surface area contributed by atoms with Gasteiger partial charge >= 0.3 is 6.09 Å². The van der Waals surface area contributed by atoms with E-state index in [0.717, 1.165) is 0 Å². The molecule has 1 aromatic carbocycles. The van der Waals surface area contributed by atoms with Gasteiger partial charge in [-0.05, 0) is 18.2 Å². The zero-order chi connectivity index (χ0) is 29.2. The van der Waals surface area contributed by atoms with E-state index in [1.807, 2.05) is 0 Å². The van der Waals surface area contributed by atoms with Gasteiger partial charge in [0.15, 0.2) is 12.9 Å². The predicted octanol–water partition coefficient (Wildman–Crippen LogP) is -2.26. The van der Waals surface area contributed by atoms with E-state index in [0.29, 0.717) is 10.7 Å². The summed E-state index contributed by atoms with van der Waals surface area (Å²) in [5, 5.41) is 79.7. The number of amides is 1. The lowest BCUT2D eigenvalue weighted by Crippen LogP contribution is -2.62. The fraction of sp³-hybridized carbons (Fsp3) is 0.609. The Balaban J connectivity index is 0.000000293. The number of aliphatic hydroxyl groups excluding tert-OH is 8. The van der Waals surface area contributed by atoms with Gasteiger partial charge in [-0.25, -0.2) is 4.79 Å². The Hall–Kier alpha value is -1.81. The van der Waals surface area contributed by atoms with E-state index >= 15 is 0 Å². The summed E-state index contributed by atoms with van der Waals surface area (Å²) in [5.41, 5.74) is 0.572. The molecule has 14 nitrogen and oxygen atoms in total. The molecule has 1 aromatic rings. The molecule has 9 N–H and O–H groups in total. The smallest absolute Gasteiger partial charge is 0.412 e. The van der Waals surface area contributed by atoms with E-state index in [1.165, 1.54) is 0 Å². The maximum atomic E-state index is 11.2. The van der Waals surface area contributed by atoms with Crippen molar-refractivity contribution in [2.75, 3.05) is 37.6 Å². The number of benzene rings is 1. The van der Waals surface area contributed by atoms with Gasteiger partial charge < -0.3 is 59.8 Å². The summed E-state index contributed by atoms with van der Waals surface area (Å²) in [6.07, 6.45) is -13.2. The molecule has 3 rings (SSSR count). The highest BCUT2D eigenvalue weighted by molar-refractivity contribution is 6.30. The van der Waals surface area contributed by atoms with Gasteiger partial charge in [-0.2, -0.15) is 0 Å². The molecule has 0 saturated carbocycles. The number of carbonyl (C=O) groups is 1. The Morgan fingerprint density at radius 3 is 2.26 bits per heavy atom. The molecule has 16 heteroatoms. The van der Waals surface area contributed by atoms with E-state index in [1.54, 1.807) is 24.3 Å². The van der Waals surface area contributed by atoms with Crippen LogP contribution >= 0.6 is 23.2 Å². The molecule has 39 heavy (non-hydrogen) atoms. The summed E-state index contributed by atoms with van der Waals surface area (Å²) in [5.74, 6) is 3.14. The third-order valence-corrected chi connectivity index (χ3v) is 5.98. The summed E-state index contributed by atoms with van der Waals surface area (Å²) >= 11 is 11.1. The van der Waals surface area contributed by atoms with Crippen LogP contribution in [0, 0.1) is 11.8 Å². The van der Waals surface area contributed by atoms with Gasteiger partial charge in [-0.1, -0.05) is 29.5 Å². The van der Waals surface area contributed by atoms with Crippen LogP contribution in [0.3, 0.4) is 0 Å². The highest BCUT2D eigenvalue weighted by atomic mass is 35.5. The average Bonchev–Trinajstić information content (AvgIpc) is 3.16. The van der Waals surface area contributed by atoms with Gasteiger partial charge in [0.25, 0.3) is 0 Å². The molecule has 2 fully saturated rings. The summed E-state index contributed by atoms with van der Waals surface area (Å²) < 4.78 is 20.2. The Morgan fingerprint density at radius 1 is 1.00 bits per heavy atom. The summed E-state index contributed by atoms with van der Waals surface area (Å²) in [7, 11) is 0. The van der Waals surface area contributed by atoms with Crippen molar-refractivity contribution in [3.05, 3.63) is 29.3 Å². The van der Waals surface area contributed by atoms with Gasteiger partial charge in [0, 0.05) is 10.7 Å². The van der Waals surface area contributed by atoms with E-state index < -0.39 is 80.7 Å². The fourth-order valence-corrected chi connectivity index (χ4v) is 3.84. The number of nitrogens with one attached hydrogen (secondary N) is 1. The molecule has 0 aliphatic carbocycles. The lowest BCUT2D eigenvalue weighted by molar-refractivity contribution is -0.383. The van der Waals surface area contributed by atoms with E-state index in [4.69, 9.17) is 52.4 Å². The quantitative estimate of drug-likeness (QED) is 0.119. The Labute approximate surface area is 233 Å². The number of hydrogen-bond acceptors (Lipinski definition) is 13. The molecule has 9 atom stereocenters. The summed E-state index contributed by atoms with van der Waals surface area (Å²) in [4.78, 5) is 11.2. The minimum atomic E-state index is -2.22. The number of carbonyl (C=O) groups excluding carboxylic acids is 1. The third-order valence-electron chi connectivity index (χ3n) is 5.61. The second-order valence-corrected chi connectivity index (χ2v) is 8.96. The van der Waals surface area contributed by atoms with Crippen molar-refractivity contribution in [1.29, 1.82) is 0 Å². The van der Waals surface area contributed by atoms with Crippen LogP contribution in [0.2, 0.25) is 5.02 Å². The van der Waals surface area contributed by atoms with Crippen molar-refractivity contribution >= 4 is 35.0 Å². The van der Waals surface area contributed by atoms with Crippen LogP contribution in [0.25, 0.3) is 0 Å². The first-order valence-corrected chi connectivity index (χ1v) is 12.4.